The predicted molar refractivity (Wildman–Crippen MR) is 62.9 cm³/mol. The number of hydrogen-bond donors (Lipinski definition) is 0. The van der Waals surface area contributed by atoms with Crippen LogP contribution in [0.1, 0.15) is 33.1 Å². The van der Waals surface area contributed by atoms with Gasteiger partial charge in [-0.25, -0.2) is 0 Å². The van der Waals surface area contributed by atoms with Gasteiger partial charge in [0, 0.05) is 10.5 Å². The third-order valence-corrected chi connectivity index (χ3v) is 3.19. The molecule has 0 aromatic rings. The fourth-order valence-corrected chi connectivity index (χ4v) is 2.49. The summed E-state index contributed by atoms with van der Waals surface area (Å²) in [5, 5.41) is 0. The molecule has 0 radical (unpaired) electrons. The second kappa shape index (κ2) is 5.43. The number of likely N-dealkylation sites (tertiary alicyclic amines) is 1. The molecule has 1 nitrogen and oxygen atoms in total. The van der Waals surface area contributed by atoms with E-state index in [-0.39, 0.29) is 0 Å². The zero-order valence-electron chi connectivity index (χ0n) is 8.22. The maximum atomic E-state index is 2.61. The summed E-state index contributed by atoms with van der Waals surface area (Å²) in [6.07, 6.45) is 4.24. The third-order valence-electron chi connectivity index (χ3n) is 2.79. The van der Waals surface area contributed by atoms with Crippen LogP contribution in [0.15, 0.2) is 0 Å². The van der Waals surface area contributed by atoms with E-state index in [9.17, 15) is 0 Å². The molecule has 1 saturated heterocycles. The lowest BCUT2D eigenvalue weighted by Crippen LogP contribution is -2.36. The molecular formula is C10H20IN. The zero-order valence-corrected chi connectivity index (χ0v) is 10.4. The van der Waals surface area contributed by atoms with E-state index in [4.69, 9.17) is 0 Å². The molecule has 12 heavy (non-hydrogen) atoms. The Morgan fingerprint density at radius 3 is 2.42 bits per heavy atom. The van der Waals surface area contributed by atoms with Gasteiger partial charge in [0.15, 0.2) is 0 Å². The first-order valence-electron chi connectivity index (χ1n) is 5.08. The van der Waals surface area contributed by atoms with Crippen LogP contribution in [0.3, 0.4) is 0 Å². The van der Waals surface area contributed by atoms with Crippen molar-refractivity contribution in [1.82, 2.24) is 4.90 Å². The standard InChI is InChI=1S/C10H20IN/c1-3-10-4-6-12(7-5-10)8-9(2)11/h9-10H,3-8H2,1-2H3. The van der Waals surface area contributed by atoms with Crippen molar-refractivity contribution < 1.29 is 0 Å². The fraction of sp³-hybridized carbons (Fsp3) is 1.00. The van der Waals surface area contributed by atoms with E-state index in [1.165, 1.54) is 38.9 Å². The van der Waals surface area contributed by atoms with Crippen LogP contribution in [0.25, 0.3) is 0 Å². The van der Waals surface area contributed by atoms with Gasteiger partial charge in [0.2, 0.25) is 0 Å². The SMILES string of the molecule is CCC1CCN(CC(C)I)CC1. The average Bonchev–Trinajstić information content (AvgIpc) is 2.05. The van der Waals surface area contributed by atoms with Gasteiger partial charge in [0.05, 0.1) is 0 Å². The largest absolute Gasteiger partial charge is 0.302 e. The summed E-state index contributed by atoms with van der Waals surface area (Å²) in [4.78, 5) is 2.61. The summed E-state index contributed by atoms with van der Waals surface area (Å²) in [5.74, 6) is 1.02. The molecule has 0 saturated carbocycles. The second-order valence-electron chi connectivity index (χ2n) is 3.93. The highest BCUT2D eigenvalue weighted by Gasteiger charge is 2.17. The molecule has 1 aliphatic heterocycles. The van der Waals surface area contributed by atoms with Gasteiger partial charge in [-0.05, 0) is 31.8 Å². The Morgan fingerprint density at radius 1 is 1.42 bits per heavy atom. The molecule has 0 amide bonds. The van der Waals surface area contributed by atoms with Crippen molar-refractivity contribution >= 4 is 22.6 Å². The molecule has 1 aliphatic rings. The average molecular weight is 281 g/mol. The Bertz CT molecular complexity index is 117. The van der Waals surface area contributed by atoms with Crippen LogP contribution < -0.4 is 0 Å². The normalized spacial score (nSPS) is 24.2. The molecule has 0 aromatic carbocycles. The predicted octanol–water partition coefficient (Wildman–Crippen LogP) is 2.93. The molecule has 0 aromatic heterocycles. The summed E-state index contributed by atoms with van der Waals surface area (Å²) < 4.78 is 0.806. The minimum atomic E-state index is 0.806. The van der Waals surface area contributed by atoms with Gasteiger partial charge >= 0.3 is 0 Å². The number of nitrogens with zero attached hydrogens (tertiary/aromatic N) is 1. The van der Waals surface area contributed by atoms with Gasteiger partial charge in [-0.1, -0.05) is 42.9 Å². The Kier molecular flexibility index (Phi) is 4.87. The van der Waals surface area contributed by atoms with Crippen molar-refractivity contribution in [3.8, 4) is 0 Å². The van der Waals surface area contributed by atoms with Crippen molar-refractivity contribution in [2.24, 2.45) is 5.92 Å². The number of rotatable bonds is 3. The van der Waals surface area contributed by atoms with Crippen LogP contribution in [-0.4, -0.2) is 28.5 Å². The van der Waals surface area contributed by atoms with Crippen LogP contribution in [0.2, 0.25) is 0 Å². The van der Waals surface area contributed by atoms with Crippen molar-refractivity contribution in [2.75, 3.05) is 19.6 Å². The van der Waals surface area contributed by atoms with Crippen molar-refractivity contribution in [3.05, 3.63) is 0 Å². The molecule has 0 spiro atoms. The van der Waals surface area contributed by atoms with Crippen LogP contribution in [0.5, 0.6) is 0 Å². The lowest BCUT2D eigenvalue weighted by atomic mass is 9.94. The van der Waals surface area contributed by atoms with E-state index in [1.807, 2.05) is 0 Å². The molecule has 0 bridgehead atoms. The molecular weight excluding hydrogens is 261 g/mol. The monoisotopic (exact) mass is 281 g/mol. The third kappa shape index (κ3) is 3.60. The number of piperidine rings is 1. The summed E-state index contributed by atoms with van der Waals surface area (Å²) >= 11 is 2.52. The molecule has 0 N–H and O–H groups in total. The van der Waals surface area contributed by atoms with Gasteiger partial charge in [0.1, 0.15) is 0 Å². The highest BCUT2D eigenvalue weighted by molar-refractivity contribution is 14.1. The molecule has 1 fully saturated rings. The quantitative estimate of drug-likeness (QED) is 0.568. The van der Waals surface area contributed by atoms with Crippen molar-refractivity contribution in [1.29, 1.82) is 0 Å². The van der Waals surface area contributed by atoms with E-state index in [0.29, 0.717) is 0 Å². The van der Waals surface area contributed by atoms with Crippen LogP contribution >= 0.6 is 22.6 Å². The number of halogens is 1. The number of hydrogen-bond acceptors (Lipinski definition) is 1. The molecule has 1 unspecified atom stereocenters. The topological polar surface area (TPSA) is 3.24 Å². The zero-order chi connectivity index (χ0) is 8.97. The van der Waals surface area contributed by atoms with Crippen molar-refractivity contribution in [3.63, 3.8) is 0 Å². The molecule has 1 atom stereocenters. The highest BCUT2D eigenvalue weighted by atomic mass is 127. The highest BCUT2D eigenvalue weighted by Crippen LogP contribution is 2.20. The van der Waals surface area contributed by atoms with E-state index < -0.39 is 0 Å². The Hall–Kier alpha value is 0.690. The second-order valence-corrected chi connectivity index (χ2v) is 6.06. The van der Waals surface area contributed by atoms with Gasteiger partial charge in [-0.3, -0.25) is 0 Å². The smallest absolute Gasteiger partial charge is 0.0209 e. The lowest BCUT2D eigenvalue weighted by Gasteiger charge is -2.32. The van der Waals surface area contributed by atoms with Gasteiger partial charge in [-0.2, -0.15) is 0 Å². The minimum absolute atomic E-state index is 0.806. The molecule has 2 heteroatoms. The number of alkyl halides is 1. The van der Waals surface area contributed by atoms with E-state index >= 15 is 0 Å². The molecule has 1 rings (SSSR count). The first-order chi connectivity index (χ1) is 5.72. The summed E-state index contributed by atoms with van der Waals surface area (Å²) in [6.45, 7) is 8.59. The first kappa shape index (κ1) is 10.8. The molecule has 72 valence electrons. The van der Waals surface area contributed by atoms with Crippen molar-refractivity contribution in [2.45, 2.75) is 37.0 Å². The van der Waals surface area contributed by atoms with Gasteiger partial charge < -0.3 is 4.90 Å². The molecule has 1 heterocycles. The first-order valence-corrected chi connectivity index (χ1v) is 6.33. The summed E-state index contributed by atoms with van der Waals surface area (Å²) in [5.41, 5.74) is 0. The maximum absolute atomic E-state index is 2.61. The van der Waals surface area contributed by atoms with Crippen LogP contribution in [0, 0.1) is 5.92 Å². The summed E-state index contributed by atoms with van der Waals surface area (Å²) in [6, 6.07) is 0. The summed E-state index contributed by atoms with van der Waals surface area (Å²) in [7, 11) is 0. The van der Waals surface area contributed by atoms with Crippen LogP contribution in [0.4, 0.5) is 0 Å². The minimum Gasteiger partial charge on any atom is -0.302 e. The maximum Gasteiger partial charge on any atom is 0.0209 e. The van der Waals surface area contributed by atoms with E-state index in [2.05, 4.69) is 41.3 Å². The molecule has 0 aliphatic carbocycles. The van der Waals surface area contributed by atoms with E-state index in [1.54, 1.807) is 0 Å². The lowest BCUT2D eigenvalue weighted by molar-refractivity contribution is 0.185. The van der Waals surface area contributed by atoms with E-state index in [0.717, 1.165) is 9.84 Å². The van der Waals surface area contributed by atoms with Gasteiger partial charge in [0.25, 0.3) is 0 Å². The Morgan fingerprint density at radius 2 is 2.00 bits per heavy atom. The van der Waals surface area contributed by atoms with Gasteiger partial charge in [-0.15, -0.1) is 0 Å². The fourth-order valence-electron chi connectivity index (χ4n) is 1.93. The Balaban J connectivity index is 2.17. The Labute approximate surface area is 90.0 Å². The van der Waals surface area contributed by atoms with Crippen LogP contribution in [-0.2, 0) is 0 Å².